The van der Waals surface area contributed by atoms with E-state index in [1.807, 2.05) is 12.1 Å². The topological polar surface area (TPSA) is 66.8 Å². The van der Waals surface area contributed by atoms with Crippen molar-refractivity contribution < 1.29 is 19.4 Å². The zero-order chi connectivity index (χ0) is 14.7. The fourth-order valence-electron chi connectivity index (χ4n) is 2.73. The summed E-state index contributed by atoms with van der Waals surface area (Å²) in [7, 11) is 1.53. The Labute approximate surface area is 118 Å². The second kappa shape index (κ2) is 5.94. The van der Waals surface area contributed by atoms with Crippen molar-refractivity contribution in [1.29, 1.82) is 0 Å². The quantitative estimate of drug-likeness (QED) is 0.859. The van der Waals surface area contributed by atoms with E-state index in [1.54, 1.807) is 6.07 Å². The molecule has 1 aliphatic rings. The number of benzene rings is 1. The molecule has 0 aliphatic carbocycles. The molecule has 5 heteroatoms. The Bertz CT molecular complexity index is 527. The molecule has 1 aromatic rings. The van der Waals surface area contributed by atoms with Crippen LogP contribution >= 0.6 is 0 Å². The van der Waals surface area contributed by atoms with E-state index in [0.29, 0.717) is 24.3 Å². The summed E-state index contributed by atoms with van der Waals surface area (Å²) in [4.78, 5) is 24.1. The lowest BCUT2D eigenvalue weighted by atomic mass is 10.0. The minimum atomic E-state index is -0.861. The van der Waals surface area contributed by atoms with Crippen molar-refractivity contribution in [3.8, 4) is 5.75 Å². The van der Waals surface area contributed by atoms with Crippen LogP contribution in [0.2, 0.25) is 0 Å². The number of carbonyl (C=O) groups excluding carboxylic acids is 1. The van der Waals surface area contributed by atoms with Gasteiger partial charge in [-0.1, -0.05) is 6.07 Å². The first kappa shape index (κ1) is 14.4. The molecular formula is C15H19NO4. The Hall–Kier alpha value is -2.04. The van der Waals surface area contributed by atoms with Crippen molar-refractivity contribution in [2.24, 2.45) is 0 Å². The minimum absolute atomic E-state index is 0.0142. The fourth-order valence-corrected chi connectivity index (χ4v) is 2.73. The van der Waals surface area contributed by atoms with Crippen LogP contribution in [0.3, 0.4) is 0 Å². The molecule has 1 atom stereocenters. The number of likely N-dealkylation sites (tertiary alicyclic amines) is 1. The predicted octanol–water partition coefficient (Wildman–Crippen LogP) is 2.58. The monoisotopic (exact) mass is 277 g/mol. The van der Waals surface area contributed by atoms with Gasteiger partial charge in [0.05, 0.1) is 12.7 Å². The summed E-state index contributed by atoms with van der Waals surface area (Å²) in [5.74, 6) is 0.510. The normalized spacial score (nSPS) is 18.1. The van der Waals surface area contributed by atoms with E-state index in [1.165, 1.54) is 18.9 Å². The lowest BCUT2D eigenvalue weighted by Gasteiger charge is -2.21. The van der Waals surface area contributed by atoms with Crippen LogP contribution < -0.4 is 4.74 Å². The molecule has 0 saturated carbocycles. The van der Waals surface area contributed by atoms with Gasteiger partial charge in [0.15, 0.2) is 5.78 Å². The SMILES string of the molecule is COc1cc(C[C@H]2CCCN2C(=O)O)ccc1C(C)=O. The van der Waals surface area contributed by atoms with Gasteiger partial charge in [-0.05, 0) is 43.9 Å². The van der Waals surface area contributed by atoms with Crippen molar-refractivity contribution >= 4 is 11.9 Å². The van der Waals surface area contributed by atoms with E-state index in [2.05, 4.69) is 0 Å². The van der Waals surface area contributed by atoms with Gasteiger partial charge in [0, 0.05) is 12.6 Å². The van der Waals surface area contributed by atoms with Crippen molar-refractivity contribution in [3.63, 3.8) is 0 Å². The molecule has 1 aliphatic heterocycles. The number of Topliss-reactive ketones (excluding diaryl/α,β-unsaturated/α-hetero) is 1. The van der Waals surface area contributed by atoms with Crippen molar-refractivity contribution in [2.75, 3.05) is 13.7 Å². The standard InChI is InChI=1S/C15H19NO4/c1-10(17)13-6-5-11(9-14(13)20-2)8-12-4-3-7-16(12)15(18)19/h5-6,9,12H,3-4,7-8H2,1-2H3,(H,18,19)/t12-/m1/s1. The number of hydrogen-bond acceptors (Lipinski definition) is 3. The predicted molar refractivity (Wildman–Crippen MR) is 74.5 cm³/mol. The largest absolute Gasteiger partial charge is 0.496 e. The van der Waals surface area contributed by atoms with Crippen LogP contribution in [0.4, 0.5) is 4.79 Å². The number of carbonyl (C=O) groups is 2. The molecule has 0 spiro atoms. The highest BCUT2D eigenvalue weighted by Crippen LogP contribution is 2.25. The van der Waals surface area contributed by atoms with Crippen LogP contribution in [-0.4, -0.2) is 41.6 Å². The maximum atomic E-state index is 11.5. The molecule has 0 radical (unpaired) electrons. The summed E-state index contributed by atoms with van der Waals surface area (Å²) < 4.78 is 5.24. The maximum absolute atomic E-state index is 11.5. The molecule has 0 unspecified atom stereocenters. The van der Waals surface area contributed by atoms with Gasteiger partial charge in [-0.25, -0.2) is 4.79 Å². The van der Waals surface area contributed by atoms with Crippen molar-refractivity contribution in [3.05, 3.63) is 29.3 Å². The molecular weight excluding hydrogens is 258 g/mol. The Kier molecular flexibility index (Phi) is 4.27. The number of rotatable bonds is 4. The van der Waals surface area contributed by atoms with Gasteiger partial charge in [0.2, 0.25) is 0 Å². The van der Waals surface area contributed by atoms with Crippen LogP contribution in [0.15, 0.2) is 18.2 Å². The first-order valence-electron chi connectivity index (χ1n) is 6.70. The zero-order valence-corrected chi connectivity index (χ0v) is 11.8. The molecule has 20 heavy (non-hydrogen) atoms. The first-order chi connectivity index (χ1) is 9.52. The molecule has 1 saturated heterocycles. The molecule has 0 bridgehead atoms. The highest BCUT2D eigenvalue weighted by molar-refractivity contribution is 5.96. The average Bonchev–Trinajstić information content (AvgIpc) is 2.86. The number of amides is 1. The summed E-state index contributed by atoms with van der Waals surface area (Å²) in [6.07, 6.45) is 1.57. The average molecular weight is 277 g/mol. The molecule has 5 nitrogen and oxygen atoms in total. The summed E-state index contributed by atoms with van der Waals surface area (Å²) >= 11 is 0. The fraction of sp³-hybridized carbons (Fsp3) is 0.467. The molecule has 1 amide bonds. The van der Waals surface area contributed by atoms with Crippen molar-refractivity contribution in [1.82, 2.24) is 4.90 Å². The summed E-state index contributed by atoms with van der Waals surface area (Å²) in [6.45, 7) is 2.10. The Morgan fingerprint density at radius 1 is 1.45 bits per heavy atom. The number of hydrogen-bond donors (Lipinski definition) is 1. The van der Waals surface area contributed by atoms with E-state index in [0.717, 1.165) is 18.4 Å². The zero-order valence-electron chi connectivity index (χ0n) is 11.8. The van der Waals surface area contributed by atoms with Crippen LogP contribution in [0.1, 0.15) is 35.7 Å². The highest BCUT2D eigenvalue weighted by Gasteiger charge is 2.28. The van der Waals surface area contributed by atoms with Gasteiger partial charge >= 0.3 is 6.09 Å². The molecule has 1 fully saturated rings. The third-order valence-corrected chi connectivity index (χ3v) is 3.74. The third kappa shape index (κ3) is 2.92. The highest BCUT2D eigenvalue weighted by atomic mass is 16.5. The molecule has 1 heterocycles. The van der Waals surface area contributed by atoms with E-state index < -0.39 is 6.09 Å². The second-order valence-corrected chi connectivity index (χ2v) is 5.07. The Morgan fingerprint density at radius 2 is 2.20 bits per heavy atom. The second-order valence-electron chi connectivity index (χ2n) is 5.07. The lowest BCUT2D eigenvalue weighted by molar-refractivity contribution is 0.101. The Balaban J connectivity index is 2.17. The smallest absolute Gasteiger partial charge is 0.407 e. The number of nitrogens with zero attached hydrogens (tertiary/aromatic N) is 1. The summed E-state index contributed by atoms with van der Waals surface area (Å²) in [6, 6.07) is 5.46. The molecule has 1 aromatic carbocycles. The van der Waals surface area contributed by atoms with Gasteiger partial charge in [0.1, 0.15) is 5.75 Å². The number of ketones is 1. The maximum Gasteiger partial charge on any atom is 0.407 e. The van der Waals surface area contributed by atoms with Crippen LogP contribution in [0, 0.1) is 0 Å². The van der Waals surface area contributed by atoms with E-state index in [-0.39, 0.29) is 11.8 Å². The molecule has 108 valence electrons. The van der Waals surface area contributed by atoms with Crippen molar-refractivity contribution in [2.45, 2.75) is 32.2 Å². The van der Waals surface area contributed by atoms with E-state index in [9.17, 15) is 9.59 Å². The Morgan fingerprint density at radius 3 is 2.80 bits per heavy atom. The van der Waals surface area contributed by atoms with Gasteiger partial charge in [-0.2, -0.15) is 0 Å². The lowest BCUT2D eigenvalue weighted by Crippen LogP contribution is -2.35. The van der Waals surface area contributed by atoms with Gasteiger partial charge < -0.3 is 14.7 Å². The van der Waals surface area contributed by atoms with Gasteiger partial charge in [0.25, 0.3) is 0 Å². The third-order valence-electron chi connectivity index (χ3n) is 3.74. The molecule has 0 aromatic heterocycles. The van der Waals surface area contributed by atoms with Gasteiger partial charge in [-0.3, -0.25) is 4.79 Å². The first-order valence-corrected chi connectivity index (χ1v) is 6.70. The van der Waals surface area contributed by atoms with Gasteiger partial charge in [-0.15, -0.1) is 0 Å². The van der Waals surface area contributed by atoms with E-state index >= 15 is 0 Å². The molecule has 2 rings (SSSR count). The number of methoxy groups -OCH3 is 1. The number of ether oxygens (including phenoxy) is 1. The van der Waals surface area contributed by atoms with Crippen LogP contribution in [0.25, 0.3) is 0 Å². The number of carboxylic acid groups (broad SMARTS) is 1. The van der Waals surface area contributed by atoms with E-state index in [4.69, 9.17) is 9.84 Å². The van der Waals surface area contributed by atoms with Crippen LogP contribution in [0.5, 0.6) is 5.75 Å². The molecule has 1 N–H and O–H groups in total. The minimum Gasteiger partial charge on any atom is -0.496 e. The summed E-state index contributed by atoms with van der Waals surface area (Å²) in [5, 5.41) is 9.14. The van der Waals surface area contributed by atoms with Crippen LogP contribution in [-0.2, 0) is 6.42 Å². The summed E-state index contributed by atoms with van der Waals surface area (Å²) in [5.41, 5.74) is 1.54.